The summed E-state index contributed by atoms with van der Waals surface area (Å²) in [6, 6.07) is 5.54. The molecule has 0 fully saturated rings. The van der Waals surface area contributed by atoms with Gasteiger partial charge in [-0.2, -0.15) is 0 Å². The van der Waals surface area contributed by atoms with Crippen molar-refractivity contribution >= 4 is 5.82 Å². The lowest BCUT2D eigenvalue weighted by Gasteiger charge is -2.20. The number of phenols is 1. The maximum atomic E-state index is 10.0. The van der Waals surface area contributed by atoms with E-state index in [0.717, 1.165) is 22.9 Å². The minimum atomic E-state index is -0.0615. The molecule has 0 aliphatic heterocycles. The zero-order chi connectivity index (χ0) is 19.5. The molecule has 0 saturated carbocycles. The van der Waals surface area contributed by atoms with E-state index in [0.29, 0.717) is 18.0 Å². The number of anilines is 1. The molecule has 0 aliphatic carbocycles. The number of aromatic hydroxyl groups is 1. The Morgan fingerprint density at radius 2 is 1.62 bits per heavy atom. The van der Waals surface area contributed by atoms with Crippen molar-refractivity contribution in [3.63, 3.8) is 0 Å². The van der Waals surface area contributed by atoms with Gasteiger partial charge in [0.2, 0.25) is 5.75 Å². The molecular formula is C20H29N3O3. The highest BCUT2D eigenvalue weighted by molar-refractivity contribution is 5.53. The van der Waals surface area contributed by atoms with Crippen molar-refractivity contribution in [2.24, 2.45) is 0 Å². The molecule has 26 heavy (non-hydrogen) atoms. The monoisotopic (exact) mass is 359 g/mol. The van der Waals surface area contributed by atoms with Crippen LogP contribution in [-0.2, 0) is 12.0 Å². The summed E-state index contributed by atoms with van der Waals surface area (Å²) >= 11 is 0. The quantitative estimate of drug-likeness (QED) is 0.804. The van der Waals surface area contributed by atoms with E-state index < -0.39 is 0 Å². The summed E-state index contributed by atoms with van der Waals surface area (Å²) in [7, 11) is 3.03. The van der Waals surface area contributed by atoms with Gasteiger partial charge in [-0.1, -0.05) is 34.6 Å². The van der Waals surface area contributed by atoms with Crippen molar-refractivity contribution in [2.45, 2.75) is 52.5 Å². The number of hydrogen-bond acceptors (Lipinski definition) is 6. The summed E-state index contributed by atoms with van der Waals surface area (Å²) in [5.74, 6) is 2.59. The first kappa shape index (κ1) is 19.8. The molecular weight excluding hydrogens is 330 g/mol. The largest absolute Gasteiger partial charge is 0.502 e. The molecule has 6 heteroatoms. The zero-order valence-corrected chi connectivity index (χ0v) is 16.7. The van der Waals surface area contributed by atoms with Crippen LogP contribution in [0.15, 0.2) is 18.2 Å². The molecule has 0 radical (unpaired) electrons. The SMILES string of the molecule is COc1cc(CNc2cc(C(C)(C)C)nc(C(C)C)n2)cc(OC)c1O. The molecule has 0 amide bonds. The van der Waals surface area contributed by atoms with Crippen molar-refractivity contribution in [1.29, 1.82) is 0 Å². The number of hydrogen-bond donors (Lipinski definition) is 2. The van der Waals surface area contributed by atoms with Crippen LogP contribution in [-0.4, -0.2) is 29.3 Å². The van der Waals surface area contributed by atoms with Gasteiger partial charge >= 0.3 is 0 Å². The summed E-state index contributed by atoms with van der Waals surface area (Å²) < 4.78 is 10.4. The molecule has 1 aromatic carbocycles. The summed E-state index contributed by atoms with van der Waals surface area (Å²) in [4.78, 5) is 9.33. The lowest BCUT2D eigenvalue weighted by Crippen LogP contribution is -2.17. The van der Waals surface area contributed by atoms with E-state index in [2.05, 4.69) is 44.9 Å². The van der Waals surface area contributed by atoms with Crippen LogP contribution >= 0.6 is 0 Å². The average molecular weight is 359 g/mol. The Morgan fingerprint density at radius 3 is 2.08 bits per heavy atom. The Bertz CT molecular complexity index is 742. The minimum absolute atomic E-state index is 0.00195. The van der Waals surface area contributed by atoms with Gasteiger partial charge in [0.25, 0.3) is 0 Å². The molecule has 0 saturated heterocycles. The Kier molecular flexibility index (Phi) is 5.95. The van der Waals surface area contributed by atoms with E-state index >= 15 is 0 Å². The van der Waals surface area contributed by atoms with Crippen molar-refractivity contribution < 1.29 is 14.6 Å². The third kappa shape index (κ3) is 4.56. The Morgan fingerprint density at radius 1 is 1.04 bits per heavy atom. The van der Waals surface area contributed by atoms with Crippen LogP contribution in [0.25, 0.3) is 0 Å². The summed E-state index contributed by atoms with van der Waals surface area (Å²) in [6.07, 6.45) is 0. The lowest BCUT2D eigenvalue weighted by molar-refractivity contribution is 0.339. The highest BCUT2D eigenvalue weighted by Gasteiger charge is 2.19. The Labute approximate surface area is 155 Å². The number of methoxy groups -OCH3 is 2. The second-order valence-electron chi connectivity index (χ2n) is 7.60. The molecule has 0 unspecified atom stereocenters. The highest BCUT2D eigenvalue weighted by atomic mass is 16.5. The van der Waals surface area contributed by atoms with Gasteiger partial charge in [-0.05, 0) is 17.7 Å². The average Bonchev–Trinajstić information content (AvgIpc) is 2.59. The van der Waals surface area contributed by atoms with Gasteiger partial charge < -0.3 is 19.9 Å². The number of aromatic nitrogens is 2. The van der Waals surface area contributed by atoms with Crippen molar-refractivity contribution in [2.75, 3.05) is 19.5 Å². The van der Waals surface area contributed by atoms with Gasteiger partial charge in [0, 0.05) is 23.9 Å². The Balaban J connectivity index is 2.30. The molecule has 2 aromatic rings. The molecule has 0 aliphatic rings. The van der Waals surface area contributed by atoms with Crippen molar-refractivity contribution in [1.82, 2.24) is 9.97 Å². The van der Waals surface area contributed by atoms with E-state index in [4.69, 9.17) is 14.5 Å². The normalized spacial score (nSPS) is 11.5. The standard InChI is InChI=1S/C20H29N3O3/c1-12(2)19-22-16(20(3,4)5)10-17(23-19)21-11-13-8-14(25-6)18(24)15(9-13)26-7/h8-10,12,24H,11H2,1-7H3,(H,21,22,23). The van der Waals surface area contributed by atoms with Gasteiger partial charge in [0.05, 0.1) is 19.9 Å². The molecule has 1 heterocycles. The molecule has 2 rings (SSSR count). The third-order valence-electron chi connectivity index (χ3n) is 4.04. The van der Waals surface area contributed by atoms with Crippen LogP contribution in [0.5, 0.6) is 17.2 Å². The number of phenolic OH excluding ortho intramolecular Hbond substituents is 1. The molecule has 2 N–H and O–H groups in total. The molecule has 142 valence electrons. The molecule has 0 bridgehead atoms. The fraction of sp³-hybridized carbons (Fsp3) is 0.500. The van der Waals surface area contributed by atoms with E-state index in [9.17, 15) is 5.11 Å². The fourth-order valence-corrected chi connectivity index (χ4v) is 2.44. The molecule has 6 nitrogen and oxygen atoms in total. The van der Waals surface area contributed by atoms with E-state index in [1.807, 2.05) is 6.07 Å². The summed E-state index contributed by atoms with van der Waals surface area (Å²) in [5.41, 5.74) is 1.85. The summed E-state index contributed by atoms with van der Waals surface area (Å²) in [5, 5.41) is 13.4. The van der Waals surface area contributed by atoms with E-state index in [1.54, 1.807) is 12.1 Å². The van der Waals surface area contributed by atoms with Crippen LogP contribution in [0.1, 0.15) is 57.6 Å². The van der Waals surface area contributed by atoms with Crippen LogP contribution in [0, 0.1) is 0 Å². The highest BCUT2D eigenvalue weighted by Crippen LogP contribution is 2.37. The number of rotatable bonds is 6. The minimum Gasteiger partial charge on any atom is -0.502 e. The maximum Gasteiger partial charge on any atom is 0.200 e. The van der Waals surface area contributed by atoms with Crippen LogP contribution in [0.4, 0.5) is 5.82 Å². The van der Waals surface area contributed by atoms with Gasteiger partial charge in [0.15, 0.2) is 11.5 Å². The first-order chi connectivity index (χ1) is 12.2. The van der Waals surface area contributed by atoms with E-state index in [1.165, 1.54) is 14.2 Å². The maximum absolute atomic E-state index is 10.0. The van der Waals surface area contributed by atoms with Gasteiger partial charge in [-0.25, -0.2) is 9.97 Å². The van der Waals surface area contributed by atoms with Crippen LogP contribution < -0.4 is 14.8 Å². The fourth-order valence-electron chi connectivity index (χ4n) is 2.44. The predicted octanol–water partition coefficient (Wildman–Crippen LogP) is 4.23. The van der Waals surface area contributed by atoms with Crippen LogP contribution in [0.3, 0.4) is 0 Å². The number of nitrogens with one attached hydrogen (secondary N) is 1. The third-order valence-corrected chi connectivity index (χ3v) is 4.04. The molecule has 1 aromatic heterocycles. The van der Waals surface area contributed by atoms with Crippen molar-refractivity contribution in [3.8, 4) is 17.2 Å². The predicted molar refractivity (Wildman–Crippen MR) is 103 cm³/mol. The first-order valence-electron chi connectivity index (χ1n) is 8.73. The Hall–Kier alpha value is -2.50. The molecule has 0 atom stereocenters. The lowest BCUT2D eigenvalue weighted by atomic mass is 9.91. The van der Waals surface area contributed by atoms with Crippen molar-refractivity contribution in [3.05, 3.63) is 35.3 Å². The van der Waals surface area contributed by atoms with E-state index in [-0.39, 0.29) is 17.1 Å². The smallest absolute Gasteiger partial charge is 0.200 e. The zero-order valence-electron chi connectivity index (χ0n) is 16.7. The number of nitrogens with zero attached hydrogens (tertiary/aromatic N) is 2. The topological polar surface area (TPSA) is 76.5 Å². The van der Waals surface area contributed by atoms with Gasteiger partial charge in [-0.15, -0.1) is 0 Å². The molecule has 0 spiro atoms. The van der Waals surface area contributed by atoms with Gasteiger partial charge in [-0.3, -0.25) is 0 Å². The summed E-state index contributed by atoms with van der Waals surface area (Å²) in [6.45, 7) is 11.1. The number of benzene rings is 1. The van der Waals surface area contributed by atoms with Gasteiger partial charge in [0.1, 0.15) is 11.6 Å². The second kappa shape index (κ2) is 7.81. The number of ether oxygens (including phenoxy) is 2. The first-order valence-corrected chi connectivity index (χ1v) is 8.73. The van der Waals surface area contributed by atoms with Crippen LogP contribution in [0.2, 0.25) is 0 Å². The second-order valence-corrected chi connectivity index (χ2v) is 7.60.